The average Bonchev–Trinajstić information content (AvgIpc) is 3.02. The average molecular weight is 515 g/mol. The second kappa shape index (κ2) is 11.0. The number of benzene rings is 2. The molecule has 0 aliphatic carbocycles. The number of amides is 1. The monoisotopic (exact) mass is 514 g/mol. The minimum Gasteiger partial charge on any atom is -0.389 e. The number of carbonyl (C=O) groups is 1. The molecule has 2 aromatic carbocycles. The van der Waals surface area contributed by atoms with Crippen LogP contribution in [0.1, 0.15) is 58.2 Å². The van der Waals surface area contributed by atoms with Crippen LogP contribution in [0.15, 0.2) is 57.8 Å². The zero-order valence-corrected chi connectivity index (χ0v) is 23.0. The minimum atomic E-state index is -0.990. The maximum absolute atomic E-state index is 13.3. The molecule has 2 heterocycles. The molecular formula is C31H38N4O3. The predicted octanol–water partition coefficient (Wildman–Crippen LogP) is 5.17. The van der Waals surface area contributed by atoms with Crippen molar-refractivity contribution in [2.45, 2.75) is 66.0 Å². The molecule has 0 saturated carbocycles. The molecule has 7 nitrogen and oxygen atoms in total. The lowest BCUT2D eigenvalue weighted by atomic mass is 9.98. The van der Waals surface area contributed by atoms with Gasteiger partial charge in [-0.3, -0.25) is 9.59 Å². The van der Waals surface area contributed by atoms with Crippen molar-refractivity contribution in [3.8, 4) is 11.1 Å². The lowest BCUT2D eigenvalue weighted by molar-refractivity contribution is -0.127. The van der Waals surface area contributed by atoms with Crippen molar-refractivity contribution in [1.29, 1.82) is 0 Å². The molecule has 38 heavy (non-hydrogen) atoms. The van der Waals surface area contributed by atoms with Gasteiger partial charge >= 0.3 is 0 Å². The zero-order valence-electron chi connectivity index (χ0n) is 23.0. The first-order valence-electron chi connectivity index (χ1n) is 13.3. The predicted molar refractivity (Wildman–Crippen MR) is 156 cm³/mol. The van der Waals surface area contributed by atoms with Gasteiger partial charge in [0, 0.05) is 41.7 Å². The molecule has 1 aliphatic rings. The topological polar surface area (TPSA) is 101 Å². The van der Waals surface area contributed by atoms with E-state index in [1.54, 1.807) is 18.4 Å². The molecule has 0 unspecified atom stereocenters. The van der Waals surface area contributed by atoms with Gasteiger partial charge in [0.2, 0.25) is 5.91 Å². The number of aryl methyl sites for hydroxylation is 1. The molecule has 3 aromatic rings. The summed E-state index contributed by atoms with van der Waals surface area (Å²) in [6, 6.07) is 13.7. The van der Waals surface area contributed by atoms with E-state index < -0.39 is 5.60 Å². The summed E-state index contributed by atoms with van der Waals surface area (Å²) < 4.78 is 1.62. The second-order valence-corrected chi connectivity index (χ2v) is 10.8. The second-order valence-electron chi connectivity index (χ2n) is 10.8. The van der Waals surface area contributed by atoms with E-state index in [0.717, 1.165) is 59.4 Å². The number of nitrogens with zero attached hydrogens (tertiary/aromatic N) is 3. The molecule has 1 aromatic heterocycles. The van der Waals surface area contributed by atoms with Crippen molar-refractivity contribution in [1.82, 2.24) is 9.47 Å². The van der Waals surface area contributed by atoms with Crippen molar-refractivity contribution in [2.24, 2.45) is 10.7 Å². The zero-order chi connectivity index (χ0) is 27.6. The van der Waals surface area contributed by atoms with Crippen LogP contribution in [-0.2, 0) is 11.3 Å². The van der Waals surface area contributed by atoms with Crippen LogP contribution in [0.4, 0.5) is 5.69 Å². The Hall–Kier alpha value is -3.71. The first kappa shape index (κ1) is 27.3. The molecule has 1 amide bonds. The minimum absolute atomic E-state index is 0.0175. The van der Waals surface area contributed by atoms with Gasteiger partial charge in [-0.15, -0.1) is 0 Å². The molecule has 0 saturated heterocycles. The van der Waals surface area contributed by atoms with Gasteiger partial charge < -0.3 is 20.3 Å². The van der Waals surface area contributed by atoms with Crippen LogP contribution in [0.5, 0.6) is 0 Å². The number of hydrogen-bond donors (Lipinski definition) is 2. The number of hydrogen-bond acceptors (Lipinski definition) is 5. The first-order valence-corrected chi connectivity index (χ1v) is 13.3. The van der Waals surface area contributed by atoms with Crippen molar-refractivity contribution >= 4 is 34.3 Å². The Labute approximate surface area is 224 Å². The summed E-state index contributed by atoms with van der Waals surface area (Å²) in [4.78, 5) is 32.9. The number of fused-ring (bicyclic) bond motifs is 2. The third-order valence-corrected chi connectivity index (χ3v) is 6.74. The molecule has 0 atom stereocenters. The molecule has 7 heteroatoms. The summed E-state index contributed by atoms with van der Waals surface area (Å²) in [5.41, 5.74) is 10.1. The molecule has 200 valence electrons. The number of amidine groups is 1. The van der Waals surface area contributed by atoms with Crippen molar-refractivity contribution in [3.05, 3.63) is 69.6 Å². The normalized spacial score (nSPS) is 13.5. The van der Waals surface area contributed by atoms with Gasteiger partial charge in [0.15, 0.2) is 0 Å². The number of pyridine rings is 1. The molecule has 0 fully saturated rings. The maximum atomic E-state index is 13.3. The number of carbonyl (C=O) groups excluding carboxylic acids is 1. The largest absolute Gasteiger partial charge is 0.389 e. The summed E-state index contributed by atoms with van der Waals surface area (Å²) in [5, 5.41) is 11.7. The highest BCUT2D eigenvalue weighted by Crippen LogP contribution is 2.33. The van der Waals surface area contributed by atoms with Crippen LogP contribution in [0, 0.1) is 6.92 Å². The van der Waals surface area contributed by atoms with E-state index >= 15 is 0 Å². The van der Waals surface area contributed by atoms with Gasteiger partial charge in [-0.1, -0.05) is 32.0 Å². The molecule has 0 bridgehead atoms. The fraction of sp³-hybridized carbons (Fsp3) is 0.387. The van der Waals surface area contributed by atoms with Gasteiger partial charge in [0.1, 0.15) is 5.84 Å². The molecule has 0 radical (unpaired) electrons. The third kappa shape index (κ3) is 5.89. The lowest BCUT2D eigenvalue weighted by Crippen LogP contribution is -2.34. The standard InChI is InChI=1S/C31H38N4O3/c1-6-12-34(13-7-2)29(36)25-16-23-9-8-22(17-27(23)33-28(32)18-25)21-10-11-26-24(15-21)14-20(3)35(30(26)37)19-31(4,5)38/h8-11,14-17,38H,6-7,12-13,18-19H2,1-5H3,(H2,32,33). The highest BCUT2D eigenvalue weighted by atomic mass is 16.3. The summed E-state index contributed by atoms with van der Waals surface area (Å²) in [7, 11) is 0. The van der Waals surface area contributed by atoms with Crippen molar-refractivity contribution in [2.75, 3.05) is 13.1 Å². The Balaban J connectivity index is 1.72. The summed E-state index contributed by atoms with van der Waals surface area (Å²) >= 11 is 0. The van der Waals surface area contributed by atoms with Gasteiger partial charge in [-0.05, 0) is 80.5 Å². The number of rotatable bonds is 8. The smallest absolute Gasteiger partial charge is 0.258 e. The molecular weight excluding hydrogens is 476 g/mol. The van der Waals surface area contributed by atoms with Crippen LogP contribution < -0.4 is 11.3 Å². The molecule has 0 spiro atoms. The Morgan fingerprint density at radius 3 is 2.39 bits per heavy atom. The van der Waals surface area contributed by atoms with E-state index in [1.165, 1.54) is 0 Å². The Bertz CT molecular complexity index is 1490. The Kier molecular flexibility index (Phi) is 7.88. The molecule has 4 rings (SSSR count). The Morgan fingerprint density at radius 1 is 1.08 bits per heavy atom. The van der Waals surface area contributed by atoms with Crippen LogP contribution in [0.2, 0.25) is 0 Å². The SMILES string of the molecule is CCCN(CCC)C(=O)C1=Cc2ccc(-c3ccc4c(=O)n(CC(C)(C)O)c(C)cc4c3)cc2N=C(N)C1. The fourth-order valence-electron chi connectivity index (χ4n) is 5.01. The van der Waals surface area contributed by atoms with Crippen molar-refractivity contribution < 1.29 is 9.90 Å². The summed E-state index contributed by atoms with van der Waals surface area (Å²) in [5.74, 6) is 0.429. The first-order chi connectivity index (χ1) is 18.0. The van der Waals surface area contributed by atoms with E-state index in [9.17, 15) is 14.7 Å². The number of aliphatic hydroxyl groups is 1. The summed E-state index contributed by atoms with van der Waals surface area (Å²) in [6.07, 6.45) is 4.04. The van der Waals surface area contributed by atoms with E-state index in [1.807, 2.05) is 60.4 Å². The van der Waals surface area contributed by atoms with E-state index in [-0.39, 0.29) is 18.0 Å². The maximum Gasteiger partial charge on any atom is 0.258 e. The van der Waals surface area contributed by atoms with Gasteiger partial charge in [0.05, 0.1) is 17.8 Å². The van der Waals surface area contributed by atoms with Crippen LogP contribution >= 0.6 is 0 Å². The number of aromatic nitrogens is 1. The van der Waals surface area contributed by atoms with E-state index in [2.05, 4.69) is 18.8 Å². The quantitative estimate of drug-likeness (QED) is 0.433. The number of nitrogens with two attached hydrogens (primary N) is 1. The number of aliphatic imine (C=N–C) groups is 1. The van der Waals surface area contributed by atoms with Gasteiger partial charge in [-0.2, -0.15) is 0 Å². The van der Waals surface area contributed by atoms with Crippen LogP contribution in [0.25, 0.3) is 28.0 Å². The van der Waals surface area contributed by atoms with Gasteiger partial charge in [-0.25, -0.2) is 4.99 Å². The van der Waals surface area contributed by atoms with E-state index in [4.69, 9.17) is 5.73 Å². The van der Waals surface area contributed by atoms with E-state index in [0.29, 0.717) is 23.2 Å². The van der Waals surface area contributed by atoms with Gasteiger partial charge in [0.25, 0.3) is 5.56 Å². The summed E-state index contributed by atoms with van der Waals surface area (Å²) in [6.45, 7) is 11.1. The fourth-order valence-corrected chi connectivity index (χ4v) is 5.01. The Morgan fingerprint density at radius 2 is 1.74 bits per heavy atom. The van der Waals surface area contributed by atoms with Crippen molar-refractivity contribution in [3.63, 3.8) is 0 Å². The highest BCUT2D eigenvalue weighted by molar-refractivity contribution is 6.05. The third-order valence-electron chi connectivity index (χ3n) is 6.74. The van der Waals surface area contributed by atoms with Crippen LogP contribution in [-0.4, -0.2) is 45.0 Å². The highest BCUT2D eigenvalue weighted by Gasteiger charge is 2.21. The molecule has 3 N–H and O–H groups in total. The lowest BCUT2D eigenvalue weighted by Gasteiger charge is -2.22. The molecule has 1 aliphatic heterocycles. The van der Waals surface area contributed by atoms with Crippen LogP contribution in [0.3, 0.4) is 0 Å².